The van der Waals surface area contributed by atoms with Crippen LogP contribution in [-0.2, 0) is 16.4 Å². The summed E-state index contributed by atoms with van der Waals surface area (Å²) in [6.07, 6.45) is 1.92. The minimum atomic E-state index is -3.74. The number of ether oxygens (including phenoxy) is 2. The highest BCUT2D eigenvalue weighted by atomic mass is 79.9. The first-order valence-corrected chi connectivity index (χ1v) is 9.54. The van der Waals surface area contributed by atoms with Crippen LogP contribution < -0.4 is 14.2 Å². The van der Waals surface area contributed by atoms with E-state index in [9.17, 15) is 8.42 Å². The van der Waals surface area contributed by atoms with E-state index in [4.69, 9.17) is 21.1 Å². The molecule has 0 aliphatic carbocycles. The zero-order valence-corrected chi connectivity index (χ0v) is 16.2. The van der Waals surface area contributed by atoms with E-state index in [2.05, 4.69) is 25.6 Å². The molecule has 6 nitrogen and oxygen atoms in total. The predicted molar refractivity (Wildman–Crippen MR) is 95.4 cm³/mol. The fourth-order valence-corrected chi connectivity index (χ4v) is 4.01. The van der Waals surface area contributed by atoms with E-state index in [0.29, 0.717) is 22.4 Å². The molecule has 1 aromatic heterocycles. The van der Waals surface area contributed by atoms with Gasteiger partial charge in [-0.2, -0.15) is 0 Å². The summed E-state index contributed by atoms with van der Waals surface area (Å²) in [5.41, 5.74) is 0.911. The third kappa shape index (κ3) is 4.60. The molecular formula is C15H16BrClN2O4S. The molecule has 0 aliphatic heterocycles. The Balaban J connectivity index is 2.07. The largest absolute Gasteiger partial charge is 0.493 e. The van der Waals surface area contributed by atoms with Crippen LogP contribution >= 0.6 is 27.5 Å². The van der Waals surface area contributed by atoms with E-state index in [1.165, 1.54) is 12.3 Å². The summed E-state index contributed by atoms with van der Waals surface area (Å²) >= 11 is 9.05. The normalized spacial score (nSPS) is 11.3. The van der Waals surface area contributed by atoms with E-state index in [1.807, 2.05) is 6.07 Å². The van der Waals surface area contributed by atoms with Crippen LogP contribution in [0.2, 0.25) is 5.15 Å². The third-order valence-electron chi connectivity index (χ3n) is 3.22. The van der Waals surface area contributed by atoms with Crippen molar-refractivity contribution in [2.75, 3.05) is 20.8 Å². The maximum Gasteiger partial charge on any atom is 0.243 e. The van der Waals surface area contributed by atoms with Crippen LogP contribution in [-0.4, -0.2) is 34.2 Å². The average molecular weight is 436 g/mol. The predicted octanol–water partition coefficient (Wildman–Crippen LogP) is 3.04. The Morgan fingerprint density at radius 3 is 2.58 bits per heavy atom. The van der Waals surface area contributed by atoms with Crippen LogP contribution in [0, 0.1) is 0 Å². The molecule has 0 fully saturated rings. The van der Waals surface area contributed by atoms with Crippen LogP contribution in [0.3, 0.4) is 0 Å². The van der Waals surface area contributed by atoms with Gasteiger partial charge in [0.1, 0.15) is 10.0 Å². The lowest BCUT2D eigenvalue weighted by atomic mass is 10.1. The second kappa shape index (κ2) is 8.15. The van der Waals surface area contributed by atoms with Crippen molar-refractivity contribution in [3.63, 3.8) is 0 Å². The van der Waals surface area contributed by atoms with Gasteiger partial charge in [-0.3, -0.25) is 0 Å². The van der Waals surface area contributed by atoms with Gasteiger partial charge in [-0.05, 0) is 46.1 Å². The van der Waals surface area contributed by atoms with Crippen LogP contribution in [0.15, 0.2) is 39.8 Å². The standard InChI is InChI=1S/C15H16BrClN2O4S/c1-22-12-4-3-10(7-13(12)23-2)5-6-19-24(20,21)14-8-11(16)9-18-15(14)17/h3-4,7-9,19H,5-6H2,1-2H3. The highest BCUT2D eigenvalue weighted by Crippen LogP contribution is 2.27. The van der Waals surface area contributed by atoms with Crippen LogP contribution in [0.1, 0.15) is 5.56 Å². The monoisotopic (exact) mass is 434 g/mol. The maximum absolute atomic E-state index is 12.3. The fourth-order valence-electron chi connectivity index (χ4n) is 2.04. The second-order valence-electron chi connectivity index (χ2n) is 4.78. The van der Waals surface area contributed by atoms with Gasteiger partial charge in [-0.15, -0.1) is 0 Å². The quantitative estimate of drug-likeness (QED) is 0.676. The lowest BCUT2D eigenvalue weighted by Gasteiger charge is -2.11. The molecule has 1 N–H and O–H groups in total. The Labute approximate surface area is 154 Å². The Kier molecular flexibility index (Phi) is 6.45. The first-order valence-electron chi connectivity index (χ1n) is 6.89. The molecule has 0 saturated carbocycles. The van der Waals surface area contributed by atoms with Crippen molar-refractivity contribution < 1.29 is 17.9 Å². The van der Waals surface area contributed by atoms with Gasteiger partial charge in [0.15, 0.2) is 11.5 Å². The number of halogens is 2. The molecule has 1 heterocycles. The molecule has 0 spiro atoms. The molecule has 0 atom stereocenters. The summed E-state index contributed by atoms with van der Waals surface area (Å²) in [7, 11) is -0.637. The molecule has 1 aromatic carbocycles. The highest BCUT2D eigenvalue weighted by Gasteiger charge is 2.19. The van der Waals surface area contributed by atoms with Crippen molar-refractivity contribution in [2.45, 2.75) is 11.3 Å². The van der Waals surface area contributed by atoms with Gasteiger partial charge in [0, 0.05) is 17.2 Å². The molecule has 0 unspecified atom stereocenters. The van der Waals surface area contributed by atoms with E-state index in [-0.39, 0.29) is 16.6 Å². The molecule has 0 bridgehead atoms. The molecule has 0 saturated heterocycles. The van der Waals surface area contributed by atoms with E-state index < -0.39 is 10.0 Å². The number of hydrogen-bond acceptors (Lipinski definition) is 5. The van der Waals surface area contributed by atoms with Crippen molar-refractivity contribution in [3.8, 4) is 11.5 Å². The molecule has 0 radical (unpaired) electrons. The molecule has 24 heavy (non-hydrogen) atoms. The van der Waals surface area contributed by atoms with E-state index in [0.717, 1.165) is 5.56 Å². The maximum atomic E-state index is 12.3. The molecule has 130 valence electrons. The number of sulfonamides is 1. The third-order valence-corrected chi connectivity index (χ3v) is 5.54. The SMILES string of the molecule is COc1ccc(CCNS(=O)(=O)c2cc(Br)cnc2Cl)cc1OC. The van der Waals surface area contributed by atoms with Crippen molar-refractivity contribution in [1.82, 2.24) is 9.71 Å². The summed E-state index contributed by atoms with van der Waals surface area (Å²) in [5.74, 6) is 1.21. The van der Waals surface area contributed by atoms with Crippen LogP contribution in [0.5, 0.6) is 11.5 Å². The van der Waals surface area contributed by atoms with Gasteiger partial charge in [0.05, 0.1) is 14.2 Å². The number of methoxy groups -OCH3 is 2. The molecule has 2 aromatic rings. The molecule has 9 heteroatoms. The van der Waals surface area contributed by atoms with Crippen molar-refractivity contribution in [2.24, 2.45) is 0 Å². The second-order valence-corrected chi connectivity index (χ2v) is 7.79. The Morgan fingerprint density at radius 1 is 1.21 bits per heavy atom. The van der Waals surface area contributed by atoms with Crippen molar-refractivity contribution in [3.05, 3.63) is 45.7 Å². The van der Waals surface area contributed by atoms with Gasteiger partial charge in [0.2, 0.25) is 10.0 Å². The van der Waals surface area contributed by atoms with Crippen molar-refractivity contribution >= 4 is 37.6 Å². The number of benzene rings is 1. The highest BCUT2D eigenvalue weighted by molar-refractivity contribution is 9.10. The topological polar surface area (TPSA) is 77.5 Å². The lowest BCUT2D eigenvalue weighted by molar-refractivity contribution is 0.354. The molecular weight excluding hydrogens is 420 g/mol. The first kappa shape index (κ1) is 19.0. The minimum Gasteiger partial charge on any atom is -0.493 e. The number of rotatable bonds is 7. The van der Waals surface area contributed by atoms with Gasteiger partial charge in [-0.1, -0.05) is 17.7 Å². The molecule has 0 amide bonds. The molecule has 0 aliphatic rings. The van der Waals surface area contributed by atoms with Gasteiger partial charge in [0.25, 0.3) is 0 Å². The number of nitrogens with one attached hydrogen (secondary N) is 1. The zero-order chi connectivity index (χ0) is 17.7. The summed E-state index contributed by atoms with van der Waals surface area (Å²) in [6, 6.07) is 6.84. The number of aromatic nitrogens is 1. The van der Waals surface area contributed by atoms with E-state index >= 15 is 0 Å². The summed E-state index contributed by atoms with van der Waals surface area (Å²) in [4.78, 5) is 3.76. The number of hydrogen-bond donors (Lipinski definition) is 1. The van der Waals surface area contributed by atoms with Gasteiger partial charge < -0.3 is 9.47 Å². The zero-order valence-electron chi connectivity index (χ0n) is 13.0. The van der Waals surface area contributed by atoms with Gasteiger partial charge in [-0.25, -0.2) is 18.1 Å². The van der Waals surface area contributed by atoms with Crippen molar-refractivity contribution in [1.29, 1.82) is 0 Å². The summed E-state index contributed by atoms with van der Waals surface area (Å²) in [6.45, 7) is 0.209. The molecule has 2 rings (SSSR count). The van der Waals surface area contributed by atoms with E-state index in [1.54, 1.807) is 26.4 Å². The van der Waals surface area contributed by atoms with Crippen LogP contribution in [0.4, 0.5) is 0 Å². The number of nitrogens with zero attached hydrogens (tertiary/aromatic N) is 1. The first-order chi connectivity index (χ1) is 11.4. The minimum absolute atomic E-state index is 0.0640. The smallest absolute Gasteiger partial charge is 0.243 e. The Hall–Kier alpha value is -1.35. The van der Waals surface area contributed by atoms with Gasteiger partial charge >= 0.3 is 0 Å². The Bertz CT molecular complexity index is 830. The fraction of sp³-hybridized carbons (Fsp3) is 0.267. The summed E-state index contributed by atoms with van der Waals surface area (Å²) < 4.78 is 38.1. The Morgan fingerprint density at radius 2 is 1.92 bits per heavy atom. The average Bonchev–Trinajstić information content (AvgIpc) is 2.56. The van der Waals surface area contributed by atoms with Crippen LogP contribution in [0.25, 0.3) is 0 Å². The summed E-state index contributed by atoms with van der Waals surface area (Å²) in [5, 5.41) is -0.0724. The number of pyridine rings is 1. The lowest BCUT2D eigenvalue weighted by Crippen LogP contribution is -2.26.